The van der Waals surface area contributed by atoms with E-state index in [0.717, 1.165) is 30.8 Å². The minimum Gasteiger partial charge on any atom is -0.385 e. The van der Waals surface area contributed by atoms with Crippen molar-refractivity contribution in [1.29, 1.82) is 5.41 Å². The van der Waals surface area contributed by atoms with E-state index in [-0.39, 0.29) is 0 Å². The van der Waals surface area contributed by atoms with Gasteiger partial charge in [-0.15, -0.1) is 0 Å². The number of aliphatic hydroxyl groups excluding tert-OH is 1. The number of allylic oxidation sites excluding steroid dienone is 1. The Morgan fingerprint density at radius 1 is 1.08 bits per heavy atom. The van der Waals surface area contributed by atoms with Crippen molar-refractivity contribution < 1.29 is 9.68 Å². The third kappa shape index (κ3) is 3.41. The number of rotatable bonds is 4. The Balaban J connectivity index is 1.73. The second-order valence-corrected chi connectivity index (χ2v) is 8.36. The highest BCUT2D eigenvalue weighted by Crippen LogP contribution is 2.33. The van der Waals surface area contributed by atoms with Crippen LogP contribution in [0.15, 0.2) is 57.6 Å². The molecule has 2 aromatic carbocycles. The van der Waals surface area contributed by atoms with Crippen LogP contribution < -0.4 is 0 Å². The van der Waals surface area contributed by atoms with E-state index in [1.54, 1.807) is 6.21 Å². The Labute approximate surface area is 168 Å². The van der Waals surface area contributed by atoms with Crippen LogP contribution in [0.1, 0.15) is 6.42 Å². The fraction of sp³-hybridized carbons (Fsp3) is 0.200. The highest BCUT2D eigenvalue weighted by Gasteiger charge is 2.18. The van der Waals surface area contributed by atoms with Crippen molar-refractivity contribution in [2.45, 2.75) is 19.1 Å². The second-order valence-electron chi connectivity index (χ2n) is 6.53. The van der Waals surface area contributed by atoms with Crippen LogP contribution in [-0.2, 0) is 6.54 Å². The van der Waals surface area contributed by atoms with Crippen LogP contribution >= 0.6 is 31.9 Å². The SMILES string of the molecule is N=C1C=[N+](CC(O)Cn2c3ccc(Br)cc3c3cc(Br)ccc32)C=CC1. The van der Waals surface area contributed by atoms with Crippen molar-refractivity contribution in [1.82, 2.24) is 4.57 Å². The van der Waals surface area contributed by atoms with Crippen LogP contribution in [0.3, 0.4) is 0 Å². The first-order valence-corrected chi connectivity index (χ1v) is 9.99. The van der Waals surface area contributed by atoms with Crippen molar-refractivity contribution >= 4 is 65.6 Å². The van der Waals surface area contributed by atoms with Gasteiger partial charge < -0.3 is 9.67 Å². The van der Waals surface area contributed by atoms with Gasteiger partial charge in [0, 0.05) is 37.2 Å². The molecule has 1 atom stereocenters. The summed E-state index contributed by atoms with van der Waals surface area (Å²) in [5.74, 6) is 0. The van der Waals surface area contributed by atoms with Crippen LogP contribution in [0.5, 0.6) is 0 Å². The molecule has 0 saturated heterocycles. The first kappa shape index (κ1) is 17.6. The molecule has 132 valence electrons. The lowest BCUT2D eigenvalue weighted by atomic mass is 10.2. The summed E-state index contributed by atoms with van der Waals surface area (Å²) in [6.45, 7) is 0.960. The van der Waals surface area contributed by atoms with E-state index in [1.807, 2.05) is 29.0 Å². The average Bonchev–Trinajstić information content (AvgIpc) is 2.87. The summed E-state index contributed by atoms with van der Waals surface area (Å²) in [7, 11) is 0. The van der Waals surface area contributed by atoms with Gasteiger partial charge in [-0.2, -0.15) is 0 Å². The molecule has 6 heteroatoms. The summed E-state index contributed by atoms with van der Waals surface area (Å²) in [5, 5.41) is 20.8. The van der Waals surface area contributed by atoms with E-state index in [1.165, 1.54) is 0 Å². The number of halogens is 2. The van der Waals surface area contributed by atoms with Crippen LogP contribution in [0.4, 0.5) is 0 Å². The van der Waals surface area contributed by atoms with Gasteiger partial charge in [-0.05, 0) is 42.5 Å². The minimum absolute atomic E-state index is 0.465. The third-order valence-corrected chi connectivity index (χ3v) is 5.55. The molecule has 0 amide bonds. The van der Waals surface area contributed by atoms with Gasteiger partial charge in [0.15, 0.2) is 19.0 Å². The molecule has 0 spiro atoms. The van der Waals surface area contributed by atoms with E-state index in [4.69, 9.17) is 5.41 Å². The number of hydrogen-bond acceptors (Lipinski definition) is 2. The molecule has 4 rings (SSSR count). The number of aromatic nitrogens is 1. The largest absolute Gasteiger partial charge is 0.385 e. The second kappa shape index (κ2) is 7.10. The van der Waals surface area contributed by atoms with Crippen molar-refractivity contribution in [2.24, 2.45) is 0 Å². The summed E-state index contributed by atoms with van der Waals surface area (Å²) in [6, 6.07) is 12.5. The zero-order valence-corrected chi connectivity index (χ0v) is 17.2. The van der Waals surface area contributed by atoms with Crippen LogP contribution in [0, 0.1) is 5.41 Å². The monoisotopic (exact) mass is 474 g/mol. The summed E-state index contributed by atoms with van der Waals surface area (Å²) in [5.41, 5.74) is 2.77. The molecular formula is C20H18Br2N3O+. The normalized spacial score (nSPS) is 15.7. The van der Waals surface area contributed by atoms with Crippen molar-refractivity contribution in [3.8, 4) is 0 Å². The van der Waals surface area contributed by atoms with Gasteiger partial charge in [0.2, 0.25) is 0 Å². The predicted octanol–water partition coefficient (Wildman–Crippen LogP) is 4.70. The molecule has 1 unspecified atom stereocenters. The Morgan fingerprint density at radius 3 is 2.27 bits per heavy atom. The molecule has 1 aliphatic rings. The summed E-state index contributed by atoms with van der Waals surface area (Å²) >= 11 is 7.12. The fourth-order valence-corrected chi connectivity index (χ4v) is 4.20. The number of β-amino-alcohol motifs (C(OH)–C–C–N with tert-alkyl or cyclic N) is 1. The molecule has 0 saturated carbocycles. The summed E-state index contributed by atoms with van der Waals surface area (Å²) < 4.78 is 6.14. The van der Waals surface area contributed by atoms with Gasteiger partial charge in [0.25, 0.3) is 0 Å². The van der Waals surface area contributed by atoms with Gasteiger partial charge in [-0.25, -0.2) is 4.58 Å². The van der Waals surface area contributed by atoms with Gasteiger partial charge in [-0.1, -0.05) is 31.9 Å². The van der Waals surface area contributed by atoms with Gasteiger partial charge in [-0.3, -0.25) is 5.41 Å². The lowest BCUT2D eigenvalue weighted by Crippen LogP contribution is -2.29. The number of benzene rings is 2. The summed E-state index contributed by atoms with van der Waals surface area (Å²) in [6.07, 6.45) is 5.77. The Kier molecular flexibility index (Phi) is 4.82. The minimum atomic E-state index is -0.548. The molecule has 0 fully saturated rings. The Bertz CT molecular complexity index is 1020. The molecule has 26 heavy (non-hydrogen) atoms. The quantitative estimate of drug-likeness (QED) is 0.528. The lowest BCUT2D eigenvalue weighted by Gasteiger charge is -2.13. The molecule has 0 radical (unpaired) electrons. The van der Waals surface area contributed by atoms with Crippen LogP contribution in [0.25, 0.3) is 21.8 Å². The van der Waals surface area contributed by atoms with Gasteiger partial charge in [0.05, 0.1) is 12.3 Å². The van der Waals surface area contributed by atoms with Crippen molar-refractivity contribution in [3.63, 3.8) is 0 Å². The first-order valence-electron chi connectivity index (χ1n) is 8.41. The van der Waals surface area contributed by atoms with Gasteiger partial charge >= 0.3 is 0 Å². The lowest BCUT2D eigenvalue weighted by molar-refractivity contribution is -0.463. The van der Waals surface area contributed by atoms with E-state index >= 15 is 0 Å². The smallest absolute Gasteiger partial charge is 0.190 e. The zero-order chi connectivity index (χ0) is 18.3. The molecule has 3 aromatic rings. The molecule has 1 aromatic heterocycles. The number of fused-ring (bicyclic) bond motifs is 3. The standard InChI is InChI=1S/C20H18Br2N3O/c21-13-3-5-19-17(8-13)18-9-14(22)4-6-20(18)25(19)12-16(26)11-24-7-1-2-15(23)10-24/h1,3-10,16,23,26H,2,11-12H2/q+1. The third-order valence-electron chi connectivity index (χ3n) is 4.56. The van der Waals surface area contributed by atoms with E-state index < -0.39 is 6.10 Å². The molecule has 0 aliphatic carbocycles. The van der Waals surface area contributed by atoms with Gasteiger partial charge in [0.1, 0.15) is 6.10 Å². The van der Waals surface area contributed by atoms with E-state index in [0.29, 0.717) is 25.2 Å². The fourth-order valence-electron chi connectivity index (χ4n) is 3.48. The van der Waals surface area contributed by atoms with Crippen LogP contribution in [0.2, 0.25) is 0 Å². The maximum absolute atomic E-state index is 10.7. The Hall–Kier alpha value is -1.76. The maximum Gasteiger partial charge on any atom is 0.190 e. The van der Waals surface area contributed by atoms with E-state index in [2.05, 4.69) is 60.7 Å². The number of aliphatic hydroxyl groups is 1. The molecule has 2 heterocycles. The number of hydrogen-bond donors (Lipinski definition) is 2. The topological polar surface area (TPSA) is 52.0 Å². The molecule has 2 N–H and O–H groups in total. The maximum atomic E-state index is 10.7. The molecule has 4 nitrogen and oxygen atoms in total. The Morgan fingerprint density at radius 2 is 1.69 bits per heavy atom. The predicted molar refractivity (Wildman–Crippen MR) is 114 cm³/mol. The van der Waals surface area contributed by atoms with Crippen molar-refractivity contribution in [3.05, 3.63) is 57.6 Å². The molecule has 0 bridgehead atoms. The highest BCUT2D eigenvalue weighted by atomic mass is 79.9. The average molecular weight is 476 g/mol. The molecular weight excluding hydrogens is 458 g/mol. The van der Waals surface area contributed by atoms with Crippen molar-refractivity contribution in [2.75, 3.05) is 6.54 Å². The number of nitrogens with one attached hydrogen (secondary N) is 1. The highest BCUT2D eigenvalue weighted by molar-refractivity contribution is 9.10. The zero-order valence-electron chi connectivity index (χ0n) is 14.0. The summed E-state index contributed by atoms with van der Waals surface area (Å²) in [4.78, 5) is 0. The van der Waals surface area contributed by atoms with E-state index in [9.17, 15) is 5.11 Å². The first-order chi connectivity index (χ1) is 12.5. The molecule has 1 aliphatic heterocycles. The van der Waals surface area contributed by atoms with Crippen LogP contribution in [-0.4, -0.2) is 38.8 Å². The number of nitrogens with zero attached hydrogens (tertiary/aromatic N) is 2.